The number of anilines is 1. The van der Waals surface area contributed by atoms with Crippen molar-refractivity contribution in [1.82, 2.24) is 4.57 Å². The third-order valence-corrected chi connectivity index (χ3v) is 4.92. The third kappa shape index (κ3) is 2.92. The molecule has 3 aromatic rings. The molecule has 0 saturated heterocycles. The molecule has 23 heavy (non-hydrogen) atoms. The summed E-state index contributed by atoms with van der Waals surface area (Å²) in [5.74, 6) is -0.216. The first-order valence-corrected chi connectivity index (χ1v) is 8.38. The Labute approximate surface area is 138 Å². The first-order chi connectivity index (χ1) is 11.0. The summed E-state index contributed by atoms with van der Waals surface area (Å²) in [6, 6.07) is 9.66. The topological polar surface area (TPSA) is 51.1 Å². The van der Waals surface area contributed by atoms with Crippen LogP contribution in [0.3, 0.4) is 0 Å². The van der Waals surface area contributed by atoms with Crippen molar-refractivity contribution in [3.05, 3.63) is 51.8 Å². The lowest BCUT2D eigenvalue weighted by molar-refractivity contribution is 0.102. The van der Waals surface area contributed by atoms with Crippen molar-refractivity contribution < 1.29 is 9.59 Å². The zero-order valence-electron chi connectivity index (χ0n) is 13.3. The van der Waals surface area contributed by atoms with Crippen molar-refractivity contribution in [3.8, 4) is 0 Å². The molecule has 0 unspecified atom stereocenters. The Hall–Kier alpha value is -2.40. The van der Waals surface area contributed by atoms with E-state index < -0.39 is 0 Å². The normalized spacial score (nSPS) is 10.9. The van der Waals surface area contributed by atoms with Gasteiger partial charge in [0.25, 0.3) is 5.91 Å². The largest absolute Gasteiger partial charge is 0.345 e. The first-order valence-electron chi connectivity index (χ1n) is 7.50. The second-order valence-electron chi connectivity index (χ2n) is 5.51. The van der Waals surface area contributed by atoms with Crippen LogP contribution in [0.4, 0.5) is 5.69 Å². The molecule has 5 heteroatoms. The molecule has 1 aromatic carbocycles. The Bertz CT molecular complexity index is 905. The molecule has 2 heterocycles. The van der Waals surface area contributed by atoms with Crippen LogP contribution in [0.5, 0.6) is 0 Å². The summed E-state index contributed by atoms with van der Waals surface area (Å²) in [6.07, 6.45) is 0. The van der Waals surface area contributed by atoms with Gasteiger partial charge in [-0.05, 0) is 51.1 Å². The standard InChI is InChI=1S/C18H18N2O2S/c1-4-20-11(2)7-13-8-15(5-6-16(13)20)19-18(22)14-9-17(12(3)21)23-10-14/h5-10H,4H2,1-3H3,(H,19,22). The van der Waals surface area contributed by atoms with Crippen molar-refractivity contribution in [2.45, 2.75) is 27.3 Å². The monoisotopic (exact) mass is 326 g/mol. The van der Waals surface area contributed by atoms with E-state index in [-0.39, 0.29) is 11.7 Å². The lowest BCUT2D eigenvalue weighted by Crippen LogP contribution is -2.10. The average molecular weight is 326 g/mol. The Kier molecular flexibility index (Phi) is 4.05. The fourth-order valence-corrected chi connectivity index (χ4v) is 3.54. The highest BCUT2D eigenvalue weighted by Crippen LogP contribution is 2.24. The molecule has 0 saturated carbocycles. The molecule has 0 aliphatic carbocycles. The van der Waals surface area contributed by atoms with Gasteiger partial charge in [0, 0.05) is 34.2 Å². The summed E-state index contributed by atoms with van der Waals surface area (Å²) in [5.41, 5.74) is 3.64. The molecule has 4 nitrogen and oxygen atoms in total. The molecule has 0 bridgehead atoms. The van der Waals surface area contributed by atoms with Crippen molar-refractivity contribution in [1.29, 1.82) is 0 Å². The van der Waals surface area contributed by atoms with Gasteiger partial charge in [-0.1, -0.05) is 0 Å². The maximum atomic E-state index is 12.3. The number of nitrogens with zero attached hydrogens (tertiary/aromatic N) is 1. The number of fused-ring (bicyclic) bond motifs is 1. The summed E-state index contributed by atoms with van der Waals surface area (Å²) in [5, 5.41) is 5.72. The van der Waals surface area contributed by atoms with Crippen LogP contribution in [0.15, 0.2) is 35.7 Å². The van der Waals surface area contributed by atoms with Crippen molar-refractivity contribution in [2.24, 2.45) is 0 Å². The van der Waals surface area contributed by atoms with Crippen LogP contribution >= 0.6 is 11.3 Å². The summed E-state index contributed by atoms with van der Waals surface area (Å²) in [6.45, 7) is 6.62. The number of carbonyl (C=O) groups is 2. The van der Waals surface area contributed by atoms with E-state index >= 15 is 0 Å². The van der Waals surface area contributed by atoms with Gasteiger partial charge in [-0.3, -0.25) is 9.59 Å². The number of aryl methyl sites for hydroxylation is 2. The predicted octanol–water partition coefficient (Wildman–Crippen LogP) is 4.49. The molecule has 0 aliphatic heterocycles. The third-order valence-electron chi connectivity index (χ3n) is 3.89. The van der Waals surface area contributed by atoms with Crippen LogP contribution in [0.2, 0.25) is 0 Å². The molecule has 0 spiro atoms. The van der Waals surface area contributed by atoms with Crippen LogP contribution in [-0.4, -0.2) is 16.3 Å². The lowest BCUT2D eigenvalue weighted by atomic mass is 10.2. The number of rotatable bonds is 4. The van der Waals surface area contributed by atoms with Crippen molar-refractivity contribution >= 4 is 39.6 Å². The van der Waals surface area contributed by atoms with Crippen molar-refractivity contribution in [3.63, 3.8) is 0 Å². The molecule has 0 fully saturated rings. The Balaban J connectivity index is 1.85. The summed E-state index contributed by atoms with van der Waals surface area (Å²) in [4.78, 5) is 24.2. The molecular weight excluding hydrogens is 308 g/mol. The minimum absolute atomic E-state index is 0.0214. The minimum Gasteiger partial charge on any atom is -0.345 e. The van der Waals surface area contributed by atoms with E-state index in [0.29, 0.717) is 10.4 Å². The highest BCUT2D eigenvalue weighted by atomic mass is 32.1. The number of benzene rings is 1. The van der Waals surface area contributed by atoms with E-state index in [1.807, 2.05) is 18.2 Å². The van der Waals surface area contributed by atoms with Gasteiger partial charge in [-0.2, -0.15) is 0 Å². The number of Topliss-reactive ketones (excluding diaryl/α,β-unsaturated/α-hetero) is 1. The maximum Gasteiger partial charge on any atom is 0.256 e. The zero-order chi connectivity index (χ0) is 16.6. The quantitative estimate of drug-likeness (QED) is 0.718. The minimum atomic E-state index is -0.195. The highest BCUT2D eigenvalue weighted by Gasteiger charge is 2.12. The fourth-order valence-electron chi connectivity index (χ4n) is 2.75. The van der Waals surface area contributed by atoms with Gasteiger partial charge < -0.3 is 9.88 Å². The van der Waals surface area contributed by atoms with Gasteiger partial charge in [0.15, 0.2) is 5.78 Å². The number of aromatic nitrogens is 1. The number of ketones is 1. The zero-order valence-corrected chi connectivity index (χ0v) is 14.2. The summed E-state index contributed by atoms with van der Waals surface area (Å²) in [7, 11) is 0. The summed E-state index contributed by atoms with van der Waals surface area (Å²) < 4.78 is 2.24. The number of thiophene rings is 1. The molecule has 0 radical (unpaired) electrons. The van der Waals surface area contributed by atoms with Crippen LogP contribution < -0.4 is 5.32 Å². The Morgan fingerprint density at radius 3 is 2.65 bits per heavy atom. The van der Waals surface area contributed by atoms with Crippen LogP contribution in [0, 0.1) is 6.92 Å². The number of nitrogens with one attached hydrogen (secondary N) is 1. The first kappa shape index (κ1) is 15.5. The van der Waals surface area contributed by atoms with Crippen molar-refractivity contribution in [2.75, 3.05) is 5.32 Å². The Morgan fingerprint density at radius 2 is 2.00 bits per heavy atom. The average Bonchev–Trinajstić information content (AvgIpc) is 3.10. The second kappa shape index (κ2) is 6.01. The van der Waals surface area contributed by atoms with E-state index in [9.17, 15) is 9.59 Å². The fraction of sp³-hybridized carbons (Fsp3) is 0.222. The van der Waals surface area contributed by atoms with E-state index in [1.54, 1.807) is 11.4 Å². The summed E-state index contributed by atoms with van der Waals surface area (Å²) >= 11 is 1.29. The lowest BCUT2D eigenvalue weighted by Gasteiger charge is -2.06. The number of hydrogen-bond acceptors (Lipinski definition) is 3. The van der Waals surface area contributed by atoms with Crippen LogP contribution in [0.1, 0.15) is 39.6 Å². The van der Waals surface area contributed by atoms with Gasteiger partial charge in [-0.25, -0.2) is 0 Å². The van der Waals surface area contributed by atoms with E-state index in [1.165, 1.54) is 24.0 Å². The molecule has 1 N–H and O–H groups in total. The van der Waals surface area contributed by atoms with Crippen LogP contribution in [-0.2, 0) is 6.54 Å². The van der Waals surface area contributed by atoms with Gasteiger partial charge in [0.1, 0.15) is 0 Å². The van der Waals surface area contributed by atoms with E-state index in [2.05, 4.69) is 29.8 Å². The molecule has 3 rings (SSSR count). The number of carbonyl (C=O) groups excluding carboxylic acids is 2. The van der Waals surface area contributed by atoms with Gasteiger partial charge >= 0.3 is 0 Å². The second-order valence-corrected chi connectivity index (χ2v) is 6.42. The number of hydrogen-bond donors (Lipinski definition) is 1. The maximum absolute atomic E-state index is 12.3. The molecule has 0 aliphatic rings. The van der Waals surface area contributed by atoms with Gasteiger partial charge in [-0.15, -0.1) is 11.3 Å². The molecule has 118 valence electrons. The number of amides is 1. The molecular formula is C18H18N2O2S. The molecule has 0 atom stereocenters. The van der Waals surface area contributed by atoms with Crippen LogP contribution in [0.25, 0.3) is 10.9 Å². The molecule has 2 aromatic heterocycles. The smallest absolute Gasteiger partial charge is 0.256 e. The highest BCUT2D eigenvalue weighted by molar-refractivity contribution is 7.12. The molecule has 1 amide bonds. The van der Waals surface area contributed by atoms with Gasteiger partial charge in [0.05, 0.1) is 10.4 Å². The predicted molar refractivity (Wildman–Crippen MR) is 94.6 cm³/mol. The van der Waals surface area contributed by atoms with E-state index in [4.69, 9.17) is 0 Å². The van der Waals surface area contributed by atoms with E-state index in [0.717, 1.165) is 23.1 Å². The SMILES string of the molecule is CCn1c(C)cc2cc(NC(=O)c3csc(C(C)=O)c3)ccc21. The Morgan fingerprint density at radius 1 is 1.22 bits per heavy atom. The van der Waals surface area contributed by atoms with Gasteiger partial charge in [0.2, 0.25) is 0 Å².